The van der Waals surface area contributed by atoms with Crippen molar-refractivity contribution in [2.45, 2.75) is 34.1 Å². The van der Waals surface area contributed by atoms with E-state index in [0.29, 0.717) is 5.69 Å². The lowest BCUT2D eigenvalue weighted by Gasteiger charge is -2.16. The van der Waals surface area contributed by atoms with Crippen LogP contribution in [0, 0.1) is 20.8 Å². The average Bonchev–Trinajstić information content (AvgIpc) is 2.59. The summed E-state index contributed by atoms with van der Waals surface area (Å²) in [7, 11) is 1.24. The highest BCUT2D eigenvalue weighted by molar-refractivity contribution is 6.04. The highest BCUT2D eigenvalue weighted by atomic mass is 16.5. The number of rotatable bonds is 7. The minimum atomic E-state index is -0.584. The molecule has 0 aliphatic rings. The number of ketones is 2. The molecule has 1 amide bonds. The highest BCUT2D eigenvalue weighted by Gasteiger charge is 2.13. The van der Waals surface area contributed by atoms with Gasteiger partial charge in [0.25, 0.3) is 0 Å². The molecular formula is C20H23NO5. The summed E-state index contributed by atoms with van der Waals surface area (Å²) >= 11 is 0. The normalized spacial score (nSPS) is 11.0. The third-order valence-corrected chi connectivity index (χ3v) is 3.94. The zero-order valence-corrected chi connectivity index (χ0v) is 15.6. The van der Waals surface area contributed by atoms with Gasteiger partial charge in [0.2, 0.25) is 5.91 Å². The van der Waals surface area contributed by atoms with E-state index in [1.165, 1.54) is 32.3 Å². The predicted molar refractivity (Wildman–Crippen MR) is 99.0 cm³/mol. The minimum absolute atomic E-state index is 0.143. The van der Waals surface area contributed by atoms with Crippen LogP contribution in [-0.4, -0.2) is 30.6 Å². The van der Waals surface area contributed by atoms with Crippen LogP contribution >= 0.6 is 0 Å². The lowest BCUT2D eigenvalue weighted by atomic mass is 9.93. The first-order chi connectivity index (χ1) is 12.1. The van der Waals surface area contributed by atoms with Crippen LogP contribution in [0.15, 0.2) is 30.4 Å². The van der Waals surface area contributed by atoms with Gasteiger partial charge in [0.05, 0.1) is 7.11 Å². The monoisotopic (exact) mass is 357 g/mol. The smallest absolute Gasteiger partial charge is 0.330 e. The second-order valence-electron chi connectivity index (χ2n) is 5.90. The van der Waals surface area contributed by atoms with Crippen molar-refractivity contribution in [3.05, 3.63) is 52.6 Å². The molecule has 138 valence electrons. The highest BCUT2D eigenvalue weighted by Crippen LogP contribution is 2.26. The molecule has 0 radical (unpaired) electrons. The standard InChI is InChI=1S/C20H23NO5/c1-12-10-18(21-19(24)8-6-13(2)22)15(4)14(3)17(12)11-16(23)7-9-20(25)26-5/h6-10H,11H2,1-5H3,(H,21,24)/b8-6-,9-7-. The van der Waals surface area contributed by atoms with Crippen molar-refractivity contribution in [2.24, 2.45) is 0 Å². The van der Waals surface area contributed by atoms with E-state index in [1.54, 1.807) is 6.07 Å². The van der Waals surface area contributed by atoms with E-state index in [9.17, 15) is 19.2 Å². The van der Waals surface area contributed by atoms with Crippen LogP contribution in [0.25, 0.3) is 0 Å². The summed E-state index contributed by atoms with van der Waals surface area (Å²) in [5, 5.41) is 2.74. The molecule has 6 nitrogen and oxygen atoms in total. The lowest BCUT2D eigenvalue weighted by molar-refractivity contribution is -0.135. The van der Waals surface area contributed by atoms with E-state index < -0.39 is 11.9 Å². The Morgan fingerprint density at radius 3 is 2.23 bits per heavy atom. The maximum atomic E-state index is 12.1. The SMILES string of the molecule is COC(=O)/C=C\C(=O)Cc1c(C)cc(NC(=O)/C=C\C(C)=O)c(C)c1C. The fraction of sp³-hybridized carbons (Fsp3) is 0.300. The number of hydrogen-bond acceptors (Lipinski definition) is 5. The van der Waals surface area contributed by atoms with Gasteiger partial charge in [0.1, 0.15) is 0 Å². The maximum absolute atomic E-state index is 12.1. The van der Waals surface area contributed by atoms with Crippen LogP contribution in [0.2, 0.25) is 0 Å². The first-order valence-electron chi connectivity index (χ1n) is 8.03. The molecular weight excluding hydrogens is 334 g/mol. The summed E-state index contributed by atoms with van der Waals surface area (Å²) in [5.41, 5.74) is 4.04. The molecule has 0 fully saturated rings. The number of esters is 1. The van der Waals surface area contributed by atoms with Crippen molar-refractivity contribution in [2.75, 3.05) is 12.4 Å². The molecule has 1 aromatic rings. The summed E-state index contributed by atoms with van der Waals surface area (Å²) in [6, 6.07) is 1.79. The van der Waals surface area contributed by atoms with Crippen molar-refractivity contribution in [1.82, 2.24) is 0 Å². The quantitative estimate of drug-likeness (QED) is 0.598. The van der Waals surface area contributed by atoms with Gasteiger partial charge in [-0.25, -0.2) is 4.79 Å². The van der Waals surface area contributed by atoms with Gasteiger partial charge in [-0.05, 0) is 68.2 Å². The Kier molecular flexibility index (Phi) is 7.65. The fourth-order valence-electron chi connectivity index (χ4n) is 2.37. The van der Waals surface area contributed by atoms with Crippen molar-refractivity contribution in [3.8, 4) is 0 Å². The number of ether oxygens (including phenoxy) is 1. The zero-order chi connectivity index (χ0) is 19.9. The van der Waals surface area contributed by atoms with Gasteiger partial charge in [-0.1, -0.05) is 0 Å². The lowest BCUT2D eigenvalue weighted by Crippen LogP contribution is -2.12. The van der Waals surface area contributed by atoms with Gasteiger partial charge in [-0.15, -0.1) is 0 Å². The van der Waals surface area contributed by atoms with E-state index in [0.717, 1.165) is 28.3 Å². The first kappa shape index (κ1) is 21.0. The Hall–Kier alpha value is -3.02. The van der Waals surface area contributed by atoms with Gasteiger partial charge >= 0.3 is 5.97 Å². The fourth-order valence-corrected chi connectivity index (χ4v) is 2.37. The topological polar surface area (TPSA) is 89.5 Å². The van der Waals surface area contributed by atoms with Gasteiger partial charge in [-0.3, -0.25) is 14.4 Å². The van der Waals surface area contributed by atoms with Crippen LogP contribution in [0.4, 0.5) is 5.69 Å². The molecule has 0 spiro atoms. The molecule has 1 aromatic carbocycles. The Bertz CT molecular complexity index is 803. The molecule has 0 atom stereocenters. The van der Waals surface area contributed by atoms with Crippen LogP contribution in [0.5, 0.6) is 0 Å². The molecule has 0 saturated heterocycles. The summed E-state index contributed by atoms with van der Waals surface area (Å²) in [4.78, 5) is 45.9. The maximum Gasteiger partial charge on any atom is 0.330 e. The number of carbonyl (C=O) groups excluding carboxylic acids is 4. The molecule has 0 heterocycles. The number of allylic oxidation sites excluding steroid dienone is 2. The van der Waals surface area contributed by atoms with Crippen LogP contribution < -0.4 is 5.32 Å². The van der Waals surface area contributed by atoms with Gasteiger partial charge in [-0.2, -0.15) is 0 Å². The Balaban J connectivity index is 3.02. The molecule has 0 bridgehead atoms. The molecule has 6 heteroatoms. The number of benzene rings is 1. The van der Waals surface area contributed by atoms with E-state index in [2.05, 4.69) is 10.1 Å². The molecule has 1 rings (SSSR count). The van der Waals surface area contributed by atoms with E-state index in [4.69, 9.17) is 0 Å². The Morgan fingerprint density at radius 1 is 1.00 bits per heavy atom. The molecule has 0 unspecified atom stereocenters. The third kappa shape index (κ3) is 6.12. The van der Waals surface area contributed by atoms with Gasteiger partial charge in [0, 0.05) is 24.3 Å². The van der Waals surface area contributed by atoms with E-state index >= 15 is 0 Å². The van der Waals surface area contributed by atoms with Crippen LogP contribution in [-0.2, 0) is 30.3 Å². The van der Waals surface area contributed by atoms with Crippen LogP contribution in [0.3, 0.4) is 0 Å². The Morgan fingerprint density at radius 2 is 1.65 bits per heavy atom. The number of aryl methyl sites for hydroxylation is 1. The molecule has 26 heavy (non-hydrogen) atoms. The molecule has 0 saturated carbocycles. The number of hydrogen-bond donors (Lipinski definition) is 1. The van der Waals surface area contributed by atoms with Gasteiger partial charge < -0.3 is 10.1 Å². The number of methoxy groups -OCH3 is 1. The molecule has 1 N–H and O–H groups in total. The summed E-state index contributed by atoms with van der Waals surface area (Å²) in [5.74, 6) is -1.41. The Labute approximate surface area is 152 Å². The summed E-state index contributed by atoms with van der Waals surface area (Å²) in [6.45, 7) is 6.93. The molecule has 0 aliphatic carbocycles. The number of anilines is 1. The second kappa shape index (κ2) is 9.46. The number of carbonyl (C=O) groups is 4. The van der Waals surface area contributed by atoms with E-state index in [-0.39, 0.29) is 18.0 Å². The largest absolute Gasteiger partial charge is 0.466 e. The third-order valence-electron chi connectivity index (χ3n) is 3.94. The second-order valence-corrected chi connectivity index (χ2v) is 5.90. The minimum Gasteiger partial charge on any atom is -0.466 e. The molecule has 0 aliphatic heterocycles. The number of nitrogens with one attached hydrogen (secondary N) is 1. The van der Waals surface area contributed by atoms with Gasteiger partial charge in [0.15, 0.2) is 11.6 Å². The average molecular weight is 357 g/mol. The van der Waals surface area contributed by atoms with Crippen molar-refractivity contribution in [1.29, 1.82) is 0 Å². The van der Waals surface area contributed by atoms with E-state index in [1.807, 2.05) is 20.8 Å². The van der Waals surface area contributed by atoms with Crippen molar-refractivity contribution < 1.29 is 23.9 Å². The summed E-state index contributed by atoms with van der Waals surface area (Å²) < 4.78 is 4.46. The summed E-state index contributed by atoms with van der Waals surface area (Å²) in [6.07, 6.45) is 4.81. The van der Waals surface area contributed by atoms with Crippen molar-refractivity contribution in [3.63, 3.8) is 0 Å². The zero-order valence-electron chi connectivity index (χ0n) is 15.6. The predicted octanol–water partition coefficient (Wildman–Crippen LogP) is 2.54. The van der Waals surface area contributed by atoms with Crippen molar-refractivity contribution >= 4 is 29.1 Å². The number of amides is 1. The first-order valence-corrected chi connectivity index (χ1v) is 8.03. The van der Waals surface area contributed by atoms with Crippen LogP contribution in [0.1, 0.15) is 29.2 Å². The molecule has 0 aromatic heterocycles.